The topological polar surface area (TPSA) is 89.9 Å². The molecule has 24 heavy (non-hydrogen) atoms. The van der Waals surface area contributed by atoms with E-state index < -0.39 is 27.3 Å². The van der Waals surface area contributed by atoms with Crippen LogP contribution in [0.5, 0.6) is 11.5 Å². The zero-order chi connectivity index (χ0) is 18.5. The molecule has 1 aromatic carbocycles. The molecule has 0 amide bonds. The minimum atomic E-state index is -5.84. The second-order valence-electron chi connectivity index (χ2n) is 4.45. The van der Waals surface area contributed by atoms with Gasteiger partial charge in [0.1, 0.15) is 0 Å². The van der Waals surface area contributed by atoms with Gasteiger partial charge >= 0.3 is 21.6 Å². The lowest BCUT2D eigenvalue weighted by atomic mass is 10.1. The first-order valence-electron chi connectivity index (χ1n) is 6.73. The van der Waals surface area contributed by atoms with Crippen LogP contribution < -0.4 is 8.92 Å². The zero-order valence-corrected chi connectivity index (χ0v) is 13.6. The van der Waals surface area contributed by atoms with Crippen LogP contribution in [0.15, 0.2) is 23.8 Å². The minimum absolute atomic E-state index is 0.0369. The van der Waals surface area contributed by atoms with E-state index in [4.69, 9.17) is 9.84 Å². The fraction of sp³-hybridized carbons (Fsp3) is 0.357. The van der Waals surface area contributed by atoms with Gasteiger partial charge in [0.15, 0.2) is 11.5 Å². The van der Waals surface area contributed by atoms with Crippen molar-refractivity contribution in [1.82, 2.24) is 0 Å². The van der Waals surface area contributed by atoms with E-state index in [0.717, 1.165) is 6.07 Å². The SMILES string of the molecule is CCOc1cc(/C=C(\CC)C(=O)O)ccc1OS(=O)(=O)C(F)(F)F. The summed E-state index contributed by atoms with van der Waals surface area (Å²) in [5, 5.41) is 8.98. The summed E-state index contributed by atoms with van der Waals surface area (Å²) in [6.45, 7) is 3.20. The van der Waals surface area contributed by atoms with E-state index in [-0.39, 0.29) is 24.4 Å². The average molecular weight is 368 g/mol. The predicted molar refractivity (Wildman–Crippen MR) is 79.1 cm³/mol. The summed E-state index contributed by atoms with van der Waals surface area (Å²) >= 11 is 0. The third-order valence-corrected chi connectivity index (χ3v) is 3.71. The number of benzene rings is 1. The van der Waals surface area contributed by atoms with Crippen LogP contribution in [0.3, 0.4) is 0 Å². The van der Waals surface area contributed by atoms with Crippen LogP contribution >= 0.6 is 0 Å². The molecule has 0 heterocycles. The van der Waals surface area contributed by atoms with E-state index in [9.17, 15) is 26.4 Å². The van der Waals surface area contributed by atoms with Crippen molar-refractivity contribution < 1.29 is 40.4 Å². The Morgan fingerprint density at radius 1 is 1.25 bits per heavy atom. The maximum Gasteiger partial charge on any atom is 0.534 e. The van der Waals surface area contributed by atoms with Crippen LogP contribution in [0, 0.1) is 0 Å². The molecule has 6 nitrogen and oxygen atoms in total. The fourth-order valence-electron chi connectivity index (χ4n) is 1.63. The van der Waals surface area contributed by atoms with E-state index in [1.54, 1.807) is 13.8 Å². The van der Waals surface area contributed by atoms with Gasteiger partial charge in [-0.25, -0.2) is 4.79 Å². The quantitative estimate of drug-likeness (QED) is 0.452. The van der Waals surface area contributed by atoms with Gasteiger partial charge in [-0.05, 0) is 37.1 Å². The number of alkyl halides is 3. The van der Waals surface area contributed by atoms with Gasteiger partial charge in [0.2, 0.25) is 0 Å². The molecular weight excluding hydrogens is 353 g/mol. The Morgan fingerprint density at radius 2 is 1.88 bits per heavy atom. The van der Waals surface area contributed by atoms with Crippen molar-refractivity contribution in [3.8, 4) is 11.5 Å². The normalized spacial score (nSPS) is 12.8. The number of carboxylic acid groups (broad SMARTS) is 1. The molecule has 1 N–H and O–H groups in total. The molecule has 0 spiro atoms. The molecule has 0 bridgehead atoms. The smallest absolute Gasteiger partial charge is 0.490 e. The molecule has 134 valence electrons. The number of hydrogen-bond acceptors (Lipinski definition) is 5. The number of carboxylic acids is 1. The lowest BCUT2D eigenvalue weighted by Crippen LogP contribution is -2.28. The van der Waals surface area contributed by atoms with Crippen LogP contribution in [-0.2, 0) is 14.9 Å². The van der Waals surface area contributed by atoms with Crippen LogP contribution in [0.2, 0.25) is 0 Å². The Kier molecular flexibility index (Phi) is 6.24. The average Bonchev–Trinajstić information content (AvgIpc) is 2.45. The molecule has 1 rings (SSSR count). The maximum atomic E-state index is 12.4. The highest BCUT2D eigenvalue weighted by molar-refractivity contribution is 7.88. The number of halogens is 3. The lowest BCUT2D eigenvalue weighted by molar-refractivity contribution is -0.132. The Labute approximate surface area is 136 Å². The van der Waals surface area contributed by atoms with Gasteiger partial charge in [0.05, 0.1) is 6.61 Å². The van der Waals surface area contributed by atoms with Crippen LogP contribution in [0.4, 0.5) is 13.2 Å². The Balaban J connectivity index is 3.28. The standard InChI is InChI=1S/C14H15F3O6S/c1-3-10(13(18)19)7-9-5-6-11(12(8-9)22-4-2)23-24(20,21)14(15,16)17/h5-8H,3-4H2,1-2H3,(H,18,19)/b10-7+. The van der Waals surface area contributed by atoms with Crippen LogP contribution in [0.25, 0.3) is 6.08 Å². The maximum absolute atomic E-state index is 12.4. The number of hydrogen-bond donors (Lipinski definition) is 1. The van der Waals surface area contributed by atoms with Crippen molar-refractivity contribution in [2.75, 3.05) is 6.61 Å². The highest BCUT2D eigenvalue weighted by Gasteiger charge is 2.48. The van der Waals surface area contributed by atoms with Crippen molar-refractivity contribution in [2.45, 2.75) is 25.8 Å². The zero-order valence-electron chi connectivity index (χ0n) is 12.8. The molecule has 0 aromatic heterocycles. The second-order valence-corrected chi connectivity index (χ2v) is 5.99. The summed E-state index contributed by atoms with van der Waals surface area (Å²) in [7, 11) is -5.84. The third-order valence-electron chi connectivity index (χ3n) is 2.75. The van der Waals surface area contributed by atoms with Gasteiger partial charge < -0.3 is 14.0 Å². The number of aliphatic carboxylic acids is 1. The molecule has 1 aromatic rings. The number of ether oxygens (including phenoxy) is 1. The number of rotatable bonds is 7. The molecule has 0 aliphatic rings. The molecule has 0 saturated carbocycles. The summed E-state index contributed by atoms with van der Waals surface area (Å²) in [5.41, 5.74) is -5.20. The molecule has 0 saturated heterocycles. The van der Waals surface area contributed by atoms with Gasteiger partial charge in [-0.15, -0.1) is 0 Å². The van der Waals surface area contributed by atoms with Gasteiger partial charge in [0.25, 0.3) is 0 Å². The fourth-order valence-corrected chi connectivity index (χ4v) is 2.10. The lowest BCUT2D eigenvalue weighted by Gasteiger charge is -2.13. The van der Waals surface area contributed by atoms with Gasteiger partial charge in [0, 0.05) is 5.57 Å². The first kappa shape index (κ1) is 19.8. The summed E-state index contributed by atoms with van der Waals surface area (Å²) in [5.74, 6) is -2.03. The van der Waals surface area contributed by atoms with Crippen molar-refractivity contribution in [2.24, 2.45) is 0 Å². The molecule has 0 aliphatic heterocycles. The molecule has 10 heteroatoms. The molecule has 0 fully saturated rings. The number of carbonyl (C=O) groups is 1. The first-order valence-corrected chi connectivity index (χ1v) is 8.14. The first-order chi connectivity index (χ1) is 11.0. The van der Waals surface area contributed by atoms with Crippen molar-refractivity contribution in [3.05, 3.63) is 29.3 Å². The Morgan fingerprint density at radius 3 is 2.33 bits per heavy atom. The van der Waals surface area contributed by atoms with Crippen LogP contribution in [0.1, 0.15) is 25.8 Å². The Bertz CT molecular complexity index is 737. The van der Waals surface area contributed by atoms with Gasteiger partial charge in [-0.3, -0.25) is 0 Å². The molecule has 0 aliphatic carbocycles. The largest absolute Gasteiger partial charge is 0.534 e. The minimum Gasteiger partial charge on any atom is -0.490 e. The van der Waals surface area contributed by atoms with Gasteiger partial charge in [-0.2, -0.15) is 21.6 Å². The molecule has 0 radical (unpaired) electrons. The van der Waals surface area contributed by atoms with Gasteiger partial charge in [-0.1, -0.05) is 13.0 Å². The third kappa shape index (κ3) is 4.88. The monoisotopic (exact) mass is 368 g/mol. The molecular formula is C14H15F3O6S. The predicted octanol–water partition coefficient (Wildman–Crippen LogP) is 3.19. The van der Waals surface area contributed by atoms with E-state index in [0.29, 0.717) is 5.56 Å². The highest BCUT2D eigenvalue weighted by Crippen LogP contribution is 2.34. The van der Waals surface area contributed by atoms with E-state index in [1.807, 2.05) is 0 Å². The van der Waals surface area contributed by atoms with Crippen molar-refractivity contribution in [3.63, 3.8) is 0 Å². The van der Waals surface area contributed by atoms with E-state index >= 15 is 0 Å². The van der Waals surface area contributed by atoms with Crippen molar-refractivity contribution >= 4 is 22.2 Å². The molecule has 0 atom stereocenters. The van der Waals surface area contributed by atoms with Crippen LogP contribution in [-0.4, -0.2) is 31.6 Å². The molecule has 0 unspecified atom stereocenters. The second kappa shape index (κ2) is 7.56. The summed E-state index contributed by atoms with van der Waals surface area (Å²) in [6, 6.07) is 3.39. The van der Waals surface area contributed by atoms with E-state index in [1.165, 1.54) is 18.2 Å². The summed E-state index contributed by atoms with van der Waals surface area (Å²) < 4.78 is 68.5. The Hall–Kier alpha value is -2.23. The van der Waals surface area contributed by atoms with E-state index in [2.05, 4.69) is 4.18 Å². The van der Waals surface area contributed by atoms with Crippen molar-refractivity contribution in [1.29, 1.82) is 0 Å². The summed E-state index contributed by atoms with van der Waals surface area (Å²) in [4.78, 5) is 11.0. The highest BCUT2D eigenvalue weighted by atomic mass is 32.2. The summed E-state index contributed by atoms with van der Waals surface area (Å²) in [6.07, 6.45) is 1.52.